The van der Waals surface area contributed by atoms with E-state index in [1.54, 1.807) is 6.92 Å². The molecular weight excluding hydrogens is 293 g/mol. The monoisotopic (exact) mass is 315 g/mol. The number of rotatable bonds is 5. The summed E-state index contributed by atoms with van der Waals surface area (Å²) in [6, 6.07) is 3.71. The van der Waals surface area contributed by atoms with Crippen molar-refractivity contribution in [1.29, 1.82) is 0 Å². The summed E-state index contributed by atoms with van der Waals surface area (Å²) >= 11 is 0. The molecule has 1 aliphatic rings. The van der Waals surface area contributed by atoms with E-state index in [4.69, 9.17) is 5.73 Å². The highest BCUT2D eigenvalue weighted by Crippen LogP contribution is 2.19. The van der Waals surface area contributed by atoms with Crippen molar-refractivity contribution >= 4 is 10.0 Å². The SMILES string of the molecule is Cc1ccc(F)cc1S(=O)(=O)NC1CCN(CCN)CC1. The van der Waals surface area contributed by atoms with Gasteiger partial charge in [0.1, 0.15) is 5.82 Å². The number of nitrogens with one attached hydrogen (secondary N) is 1. The quantitative estimate of drug-likeness (QED) is 0.844. The zero-order valence-corrected chi connectivity index (χ0v) is 13.0. The smallest absolute Gasteiger partial charge is 0.241 e. The molecule has 1 aliphatic heterocycles. The summed E-state index contributed by atoms with van der Waals surface area (Å²) < 4.78 is 40.7. The van der Waals surface area contributed by atoms with Gasteiger partial charge in [0.15, 0.2) is 0 Å². The van der Waals surface area contributed by atoms with Crippen molar-refractivity contribution in [2.45, 2.75) is 30.7 Å². The van der Waals surface area contributed by atoms with E-state index in [0.717, 1.165) is 38.5 Å². The molecule has 1 saturated heterocycles. The maximum Gasteiger partial charge on any atom is 0.241 e. The first-order valence-corrected chi connectivity index (χ1v) is 8.61. The van der Waals surface area contributed by atoms with Gasteiger partial charge in [-0.05, 0) is 50.6 Å². The van der Waals surface area contributed by atoms with E-state index in [-0.39, 0.29) is 10.9 Å². The first kappa shape index (κ1) is 16.4. The van der Waals surface area contributed by atoms with Crippen molar-refractivity contribution in [2.24, 2.45) is 5.73 Å². The van der Waals surface area contributed by atoms with Crippen molar-refractivity contribution in [3.63, 3.8) is 0 Å². The molecule has 21 heavy (non-hydrogen) atoms. The van der Waals surface area contributed by atoms with Crippen LogP contribution in [0.1, 0.15) is 18.4 Å². The molecule has 0 aromatic heterocycles. The van der Waals surface area contributed by atoms with Gasteiger partial charge in [-0.25, -0.2) is 17.5 Å². The third-order valence-corrected chi connectivity index (χ3v) is 5.46. The van der Waals surface area contributed by atoms with Gasteiger partial charge in [-0.15, -0.1) is 0 Å². The second-order valence-corrected chi connectivity index (χ2v) is 7.12. The van der Waals surface area contributed by atoms with Crippen molar-refractivity contribution in [1.82, 2.24) is 9.62 Å². The highest BCUT2D eigenvalue weighted by molar-refractivity contribution is 7.89. The van der Waals surface area contributed by atoms with Gasteiger partial charge in [-0.3, -0.25) is 0 Å². The maximum atomic E-state index is 13.3. The largest absolute Gasteiger partial charge is 0.329 e. The Labute approximate surface area is 125 Å². The van der Waals surface area contributed by atoms with Crippen LogP contribution >= 0.6 is 0 Å². The first-order valence-electron chi connectivity index (χ1n) is 7.13. The van der Waals surface area contributed by atoms with Gasteiger partial charge < -0.3 is 10.6 Å². The molecule has 1 aromatic carbocycles. The summed E-state index contributed by atoms with van der Waals surface area (Å²) in [5, 5.41) is 0. The molecule has 0 unspecified atom stereocenters. The molecule has 5 nitrogen and oxygen atoms in total. The number of benzene rings is 1. The Bertz CT molecular complexity index is 584. The number of hydrogen-bond donors (Lipinski definition) is 2. The second-order valence-electron chi connectivity index (χ2n) is 5.44. The summed E-state index contributed by atoms with van der Waals surface area (Å²) in [5.74, 6) is -0.543. The molecule has 0 bridgehead atoms. The number of sulfonamides is 1. The van der Waals surface area contributed by atoms with Crippen LogP contribution in [0.15, 0.2) is 23.1 Å². The Morgan fingerprint density at radius 3 is 2.67 bits per heavy atom. The third-order valence-electron chi connectivity index (χ3n) is 3.79. The molecule has 3 N–H and O–H groups in total. The fourth-order valence-electron chi connectivity index (χ4n) is 2.60. The number of likely N-dealkylation sites (tertiary alicyclic amines) is 1. The highest BCUT2D eigenvalue weighted by atomic mass is 32.2. The summed E-state index contributed by atoms with van der Waals surface area (Å²) in [4.78, 5) is 2.24. The summed E-state index contributed by atoms with van der Waals surface area (Å²) in [6.07, 6.45) is 1.49. The zero-order valence-electron chi connectivity index (χ0n) is 12.2. The number of hydrogen-bond acceptors (Lipinski definition) is 4. The molecule has 118 valence electrons. The topological polar surface area (TPSA) is 75.4 Å². The number of nitrogens with two attached hydrogens (primary N) is 1. The molecule has 0 saturated carbocycles. The Morgan fingerprint density at radius 1 is 1.38 bits per heavy atom. The Kier molecular flexibility index (Phi) is 5.32. The lowest BCUT2D eigenvalue weighted by molar-refractivity contribution is 0.212. The van der Waals surface area contributed by atoms with Crippen LogP contribution in [0.25, 0.3) is 0 Å². The summed E-state index contributed by atoms with van der Waals surface area (Å²) in [6.45, 7) is 4.76. The lowest BCUT2D eigenvalue weighted by atomic mass is 10.1. The maximum absolute atomic E-state index is 13.3. The van der Waals surface area contributed by atoms with Crippen molar-refractivity contribution < 1.29 is 12.8 Å². The van der Waals surface area contributed by atoms with Gasteiger partial charge in [-0.2, -0.15) is 0 Å². The fourth-order valence-corrected chi connectivity index (χ4v) is 4.16. The van der Waals surface area contributed by atoms with Crippen molar-refractivity contribution in [2.75, 3.05) is 26.2 Å². The van der Waals surface area contributed by atoms with Gasteiger partial charge in [0, 0.05) is 19.1 Å². The molecule has 2 rings (SSSR count). The van der Waals surface area contributed by atoms with Crippen LogP contribution in [0.2, 0.25) is 0 Å². The second kappa shape index (κ2) is 6.83. The lowest BCUT2D eigenvalue weighted by Crippen LogP contribution is -2.45. The average molecular weight is 315 g/mol. The molecule has 1 heterocycles. The van der Waals surface area contributed by atoms with E-state index in [2.05, 4.69) is 9.62 Å². The van der Waals surface area contributed by atoms with Gasteiger partial charge in [-0.1, -0.05) is 6.07 Å². The van der Waals surface area contributed by atoms with E-state index >= 15 is 0 Å². The van der Waals surface area contributed by atoms with Crippen LogP contribution in [-0.2, 0) is 10.0 Å². The molecule has 0 spiro atoms. The Hall–Kier alpha value is -1.02. The summed E-state index contributed by atoms with van der Waals surface area (Å²) in [7, 11) is -3.68. The van der Waals surface area contributed by atoms with Crippen LogP contribution in [0.4, 0.5) is 4.39 Å². The Balaban J connectivity index is 2.04. The third kappa shape index (κ3) is 4.23. The Morgan fingerprint density at radius 2 is 2.05 bits per heavy atom. The standard InChI is InChI=1S/C14H22FN3O2S/c1-11-2-3-12(15)10-14(11)21(19,20)17-13-4-7-18(8-5-13)9-6-16/h2-3,10,13,17H,4-9,16H2,1H3. The van der Waals surface area contributed by atoms with E-state index in [1.165, 1.54) is 12.1 Å². The predicted molar refractivity (Wildman–Crippen MR) is 80.0 cm³/mol. The van der Waals surface area contributed by atoms with E-state index in [1.807, 2.05) is 0 Å². The van der Waals surface area contributed by atoms with Crippen molar-refractivity contribution in [3.8, 4) is 0 Å². The van der Waals surface area contributed by atoms with Gasteiger partial charge >= 0.3 is 0 Å². The molecule has 0 radical (unpaired) electrons. The van der Waals surface area contributed by atoms with Crippen molar-refractivity contribution in [3.05, 3.63) is 29.6 Å². The van der Waals surface area contributed by atoms with E-state index in [9.17, 15) is 12.8 Å². The molecule has 0 amide bonds. The van der Waals surface area contributed by atoms with E-state index in [0.29, 0.717) is 12.1 Å². The average Bonchev–Trinajstić information content (AvgIpc) is 2.43. The van der Waals surface area contributed by atoms with E-state index < -0.39 is 15.8 Å². The van der Waals surface area contributed by atoms with Crippen LogP contribution in [-0.4, -0.2) is 45.5 Å². The molecule has 1 fully saturated rings. The van der Waals surface area contributed by atoms with Crippen LogP contribution in [0.5, 0.6) is 0 Å². The minimum absolute atomic E-state index is 0.0203. The minimum atomic E-state index is -3.68. The van der Waals surface area contributed by atoms with Crippen LogP contribution in [0, 0.1) is 12.7 Å². The predicted octanol–water partition coefficient (Wildman–Crippen LogP) is 0.836. The number of nitrogens with zero attached hydrogens (tertiary/aromatic N) is 1. The van der Waals surface area contributed by atoms with Gasteiger partial charge in [0.05, 0.1) is 4.90 Å². The molecular formula is C14H22FN3O2S. The number of aryl methyl sites for hydroxylation is 1. The highest BCUT2D eigenvalue weighted by Gasteiger charge is 2.25. The molecule has 1 aromatic rings. The molecule has 0 atom stereocenters. The summed E-state index contributed by atoms with van der Waals surface area (Å²) in [5.41, 5.74) is 6.06. The molecule has 0 aliphatic carbocycles. The number of halogens is 1. The lowest BCUT2D eigenvalue weighted by Gasteiger charge is -2.31. The first-order chi connectivity index (χ1) is 9.92. The molecule has 7 heteroatoms. The normalized spacial score (nSPS) is 18.0. The van der Waals surface area contributed by atoms with Crippen LogP contribution in [0.3, 0.4) is 0 Å². The van der Waals surface area contributed by atoms with Crippen LogP contribution < -0.4 is 10.5 Å². The van der Waals surface area contributed by atoms with Gasteiger partial charge in [0.2, 0.25) is 10.0 Å². The number of piperidine rings is 1. The zero-order chi connectivity index (χ0) is 15.5. The minimum Gasteiger partial charge on any atom is -0.329 e. The van der Waals surface area contributed by atoms with Gasteiger partial charge in [0.25, 0.3) is 0 Å². The fraction of sp³-hybridized carbons (Fsp3) is 0.571.